The summed E-state index contributed by atoms with van der Waals surface area (Å²) in [5.41, 5.74) is 7.13. The van der Waals surface area contributed by atoms with Gasteiger partial charge in [0.05, 0.1) is 12.5 Å². The Balaban J connectivity index is 3.19. The Morgan fingerprint density at radius 3 is 2.86 bits per heavy atom. The molecule has 14 heavy (non-hydrogen) atoms. The van der Waals surface area contributed by atoms with Crippen molar-refractivity contribution < 1.29 is 5.11 Å². The summed E-state index contributed by atoms with van der Waals surface area (Å²) in [6.45, 7) is 1.80. The minimum Gasteiger partial charge on any atom is -0.507 e. The fraction of sp³-hybridized carbons (Fsp3) is 0.300. The summed E-state index contributed by atoms with van der Waals surface area (Å²) in [6, 6.07) is 5.15. The van der Waals surface area contributed by atoms with E-state index in [9.17, 15) is 5.11 Å². The van der Waals surface area contributed by atoms with Crippen molar-refractivity contribution in [3.05, 3.63) is 27.7 Å². The first kappa shape index (κ1) is 11.0. The van der Waals surface area contributed by atoms with E-state index in [-0.39, 0.29) is 12.2 Å². The highest BCUT2D eigenvalue weighted by molar-refractivity contribution is 9.10. The van der Waals surface area contributed by atoms with Crippen LogP contribution in [0.4, 0.5) is 0 Å². The number of aromatic hydroxyl groups is 1. The zero-order valence-corrected chi connectivity index (χ0v) is 9.37. The molecule has 1 aromatic rings. The van der Waals surface area contributed by atoms with Crippen LogP contribution in [0.2, 0.25) is 0 Å². The van der Waals surface area contributed by atoms with Crippen molar-refractivity contribution in [2.24, 2.45) is 5.73 Å². The highest BCUT2D eigenvalue weighted by Gasteiger charge is 2.15. The first-order chi connectivity index (χ1) is 6.57. The minimum absolute atomic E-state index is 0.169. The first-order valence-corrected chi connectivity index (χ1v) is 4.97. The molecule has 0 radical (unpaired) electrons. The second-order valence-electron chi connectivity index (χ2n) is 3.10. The van der Waals surface area contributed by atoms with Crippen LogP contribution in [0, 0.1) is 18.3 Å². The predicted octanol–water partition coefficient (Wildman–Crippen LogP) is 2.38. The number of phenols is 1. The van der Waals surface area contributed by atoms with Gasteiger partial charge in [0.1, 0.15) is 5.75 Å². The van der Waals surface area contributed by atoms with E-state index in [0.29, 0.717) is 5.56 Å². The zero-order chi connectivity index (χ0) is 10.7. The van der Waals surface area contributed by atoms with E-state index in [2.05, 4.69) is 15.9 Å². The van der Waals surface area contributed by atoms with E-state index < -0.39 is 6.04 Å². The van der Waals surface area contributed by atoms with Crippen molar-refractivity contribution in [1.82, 2.24) is 0 Å². The van der Waals surface area contributed by atoms with Crippen molar-refractivity contribution in [2.45, 2.75) is 19.4 Å². The SMILES string of the molecule is Cc1ccc(Br)c([C@@H](N)CC#N)c1O. The molecule has 0 saturated heterocycles. The van der Waals surface area contributed by atoms with Crippen molar-refractivity contribution in [1.29, 1.82) is 5.26 Å². The second-order valence-corrected chi connectivity index (χ2v) is 3.95. The predicted molar refractivity (Wildman–Crippen MR) is 57.7 cm³/mol. The number of nitrogens with two attached hydrogens (primary N) is 1. The third kappa shape index (κ3) is 2.06. The van der Waals surface area contributed by atoms with E-state index >= 15 is 0 Å². The smallest absolute Gasteiger partial charge is 0.124 e. The third-order valence-electron chi connectivity index (χ3n) is 2.05. The second kappa shape index (κ2) is 4.45. The molecule has 0 amide bonds. The van der Waals surface area contributed by atoms with E-state index in [4.69, 9.17) is 11.0 Å². The molecule has 0 bridgehead atoms. The molecule has 1 aromatic carbocycles. The number of nitriles is 1. The molecule has 0 aliphatic heterocycles. The monoisotopic (exact) mass is 254 g/mol. The zero-order valence-electron chi connectivity index (χ0n) is 7.79. The molecule has 0 heterocycles. The van der Waals surface area contributed by atoms with Crippen LogP contribution in [0.15, 0.2) is 16.6 Å². The van der Waals surface area contributed by atoms with E-state index in [1.165, 1.54) is 0 Å². The van der Waals surface area contributed by atoms with E-state index in [1.807, 2.05) is 12.1 Å². The van der Waals surface area contributed by atoms with Crippen molar-refractivity contribution >= 4 is 15.9 Å². The van der Waals surface area contributed by atoms with E-state index in [1.54, 1.807) is 13.0 Å². The molecule has 4 heteroatoms. The van der Waals surface area contributed by atoms with Gasteiger partial charge in [-0.15, -0.1) is 0 Å². The topological polar surface area (TPSA) is 70.0 Å². The average molecular weight is 255 g/mol. The molecule has 3 N–H and O–H groups in total. The Morgan fingerprint density at radius 1 is 1.64 bits per heavy atom. The van der Waals surface area contributed by atoms with Gasteiger partial charge in [-0.2, -0.15) is 5.26 Å². The molecule has 0 aromatic heterocycles. The fourth-order valence-electron chi connectivity index (χ4n) is 1.25. The van der Waals surface area contributed by atoms with Gasteiger partial charge in [-0.3, -0.25) is 0 Å². The van der Waals surface area contributed by atoms with Crippen LogP contribution >= 0.6 is 15.9 Å². The Labute approximate surface area is 91.3 Å². The summed E-state index contributed by atoms with van der Waals surface area (Å²) in [4.78, 5) is 0. The molecule has 0 aliphatic carbocycles. The maximum absolute atomic E-state index is 9.76. The van der Waals surface area contributed by atoms with Crippen LogP contribution in [0.5, 0.6) is 5.75 Å². The van der Waals surface area contributed by atoms with Gasteiger partial charge in [0.15, 0.2) is 0 Å². The van der Waals surface area contributed by atoms with Gasteiger partial charge in [0.2, 0.25) is 0 Å². The summed E-state index contributed by atoms with van der Waals surface area (Å²) in [5.74, 6) is 0.169. The Morgan fingerprint density at radius 2 is 2.29 bits per heavy atom. The standard InChI is InChI=1S/C10H11BrN2O/c1-6-2-3-7(11)9(10(6)14)8(13)4-5-12/h2-3,8,14H,4,13H2,1H3/t8-/m0/s1. The van der Waals surface area contributed by atoms with Crippen LogP contribution in [0.25, 0.3) is 0 Å². The summed E-state index contributed by atoms with van der Waals surface area (Å²) in [6.07, 6.45) is 0.190. The third-order valence-corrected chi connectivity index (χ3v) is 2.74. The molecule has 74 valence electrons. The highest BCUT2D eigenvalue weighted by Crippen LogP contribution is 2.34. The summed E-state index contributed by atoms with van der Waals surface area (Å²) >= 11 is 3.30. The molecular weight excluding hydrogens is 244 g/mol. The lowest BCUT2D eigenvalue weighted by molar-refractivity contribution is 0.457. The molecule has 0 fully saturated rings. The van der Waals surface area contributed by atoms with Crippen molar-refractivity contribution in [3.63, 3.8) is 0 Å². The van der Waals surface area contributed by atoms with Crippen LogP contribution in [-0.2, 0) is 0 Å². The van der Waals surface area contributed by atoms with Gasteiger partial charge in [-0.25, -0.2) is 0 Å². The largest absolute Gasteiger partial charge is 0.507 e. The summed E-state index contributed by atoms with van der Waals surface area (Å²) < 4.78 is 0.739. The van der Waals surface area contributed by atoms with Crippen LogP contribution in [-0.4, -0.2) is 5.11 Å². The van der Waals surface area contributed by atoms with Crippen molar-refractivity contribution in [2.75, 3.05) is 0 Å². The quantitative estimate of drug-likeness (QED) is 0.852. The fourth-order valence-corrected chi connectivity index (χ4v) is 1.86. The summed E-state index contributed by atoms with van der Waals surface area (Å²) in [5, 5.41) is 18.3. The van der Waals surface area contributed by atoms with Crippen LogP contribution in [0.1, 0.15) is 23.6 Å². The Kier molecular flexibility index (Phi) is 3.50. The maximum atomic E-state index is 9.76. The highest BCUT2D eigenvalue weighted by atomic mass is 79.9. The van der Waals surface area contributed by atoms with Gasteiger partial charge in [-0.1, -0.05) is 22.0 Å². The molecule has 0 spiro atoms. The lowest BCUT2D eigenvalue weighted by Crippen LogP contribution is -2.10. The molecule has 0 unspecified atom stereocenters. The van der Waals surface area contributed by atoms with Crippen LogP contribution in [0.3, 0.4) is 0 Å². The number of phenolic OH excluding ortho intramolecular Hbond substituents is 1. The lowest BCUT2D eigenvalue weighted by Gasteiger charge is -2.14. The molecule has 0 saturated carbocycles. The number of hydrogen-bond donors (Lipinski definition) is 2. The number of benzene rings is 1. The van der Waals surface area contributed by atoms with Crippen molar-refractivity contribution in [3.8, 4) is 11.8 Å². The first-order valence-electron chi connectivity index (χ1n) is 4.18. The van der Waals surface area contributed by atoms with Gasteiger partial charge in [0, 0.05) is 16.1 Å². The lowest BCUT2D eigenvalue weighted by atomic mass is 10.0. The van der Waals surface area contributed by atoms with E-state index in [0.717, 1.165) is 10.0 Å². The van der Waals surface area contributed by atoms with Gasteiger partial charge in [-0.05, 0) is 18.6 Å². The molecule has 1 rings (SSSR count). The van der Waals surface area contributed by atoms with Gasteiger partial charge in [0.25, 0.3) is 0 Å². The maximum Gasteiger partial charge on any atom is 0.124 e. The van der Waals surface area contributed by atoms with Gasteiger partial charge >= 0.3 is 0 Å². The number of hydrogen-bond acceptors (Lipinski definition) is 3. The number of aryl methyl sites for hydroxylation is 1. The number of rotatable bonds is 2. The molecule has 0 aliphatic rings. The summed E-state index contributed by atoms with van der Waals surface area (Å²) in [7, 11) is 0. The molecular formula is C10H11BrN2O. The Hall–Kier alpha value is -1.05. The average Bonchev–Trinajstić information content (AvgIpc) is 2.13. The number of nitrogens with zero attached hydrogens (tertiary/aromatic N) is 1. The number of halogens is 1. The molecule has 3 nitrogen and oxygen atoms in total. The minimum atomic E-state index is -0.450. The van der Waals surface area contributed by atoms with Crippen LogP contribution < -0.4 is 5.73 Å². The Bertz CT molecular complexity index is 384. The normalized spacial score (nSPS) is 12.1. The molecule has 1 atom stereocenters. The van der Waals surface area contributed by atoms with Gasteiger partial charge < -0.3 is 10.8 Å².